The van der Waals surface area contributed by atoms with E-state index in [-0.39, 0.29) is 5.97 Å². The van der Waals surface area contributed by atoms with E-state index < -0.39 is 0 Å². The second kappa shape index (κ2) is 9.02. The summed E-state index contributed by atoms with van der Waals surface area (Å²) >= 11 is 3.31. The van der Waals surface area contributed by atoms with Gasteiger partial charge in [0.25, 0.3) is 0 Å². The van der Waals surface area contributed by atoms with Crippen molar-refractivity contribution in [1.29, 1.82) is 0 Å². The molecule has 4 rings (SSSR count). The van der Waals surface area contributed by atoms with Crippen molar-refractivity contribution in [2.24, 2.45) is 0 Å². The Bertz CT molecular complexity index is 1080. The first kappa shape index (κ1) is 19.4. The monoisotopic (exact) mass is 422 g/mol. The van der Waals surface area contributed by atoms with Crippen molar-refractivity contribution >= 4 is 29.1 Å². The molecule has 0 saturated carbocycles. The summed E-state index contributed by atoms with van der Waals surface area (Å²) in [6.07, 6.45) is 1.76. The Kier molecular flexibility index (Phi) is 6.02. The summed E-state index contributed by atoms with van der Waals surface area (Å²) < 4.78 is 6.84. The van der Waals surface area contributed by atoms with Gasteiger partial charge in [-0.1, -0.05) is 36.0 Å². The number of methoxy groups -OCH3 is 1. The van der Waals surface area contributed by atoms with Gasteiger partial charge in [0.05, 0.1) is 19.2 Å². The van der Waals surface area contributed by atoms with Gasteiger partial charge in [0, 0.05) is 16.8 Å². The Balaban J connectivity index is 1.56. The van der Waals surface area contributed by atoms with Crippen LogP contribution in [0.15, 0.2) is 71.3 Å². The topological polar surface area (TPSA) is 69.9 Å². The van der Waals surface area contributed by atoms with Crippen LogP contribution in [0.1, 0.15) is 20.8 Å². The molecular formula is C21H18N4O2S2. The lowest BCUT2D eigenvalue weighted by Gasteiger charge is -2.09. The molecule has 0 N–H and O–H groups in total. The number of carbonyl (C=O) groups is 1. The van der Waals surface area contributed by atoms with Crippen LogP contribution in [0, 0.1) is 0 Å². The highest BCUT2D eigenvalue weighted by Gasteiger charge is 2.16. The molecule has 0 amide bonds. The fourth-order valence-corrected chi connectivity index (χ4v) is 4.37. The van der Waals surface area contributed by atoms with Gasteiger partial charge in [-0.3, -0.25) is 9.55 Å². The number of rotatable bonds is 7. The molecule has 0 unspecified atom stereocenters. The Hall–Kier alpha value is -2.97. The van der Waals surface area contributed by atoms with Crippen molar-refractivity contribution in [2.75, 3.05) is 7.11 Å². The predicted molar refractivity (Wildman–Crippen MR) is 114 cm³/mol. The van der Waals surface area contributed by atoms with Gasteiger partial charge in [0.1, 0.15) is 5.69 Å². The van der Waals surface area contributed by atoms with Crippen LogP contribution in [0.4, 0.5) is 0 Å². The molecule has 0 aliphatic rings. The van der Waals surface area contributed by atoms with Crippen LogP contribution in [0.2, 0.25) is 0 Å². The zero-order valence-electron chi connectivity index (χ0n) is 15.7. The molecule has 0 bridgehead atoms. The predicted octanol–water partition coefficient (Wildman–Crippen LogP) is 4.53. The van der Waals surface area contributed by atoms with Crippen molar-refractivity contribution in [2.45, 2.75) is 17.5 Å². The van der Waals surface area contributed by atoms with Crippen molar-refractivity contribution in [1.82, 2.24) is 19.7 Å². The Labute approximate surface area is 176 Å². The van der Waals surface area contributed by atoms with Gasteiger partial charge in [0.15, 0.2) is 11.0 Å². The quantitative estimate of drug-likeness (QED) is 0.322. The second-order valence-electron chi connectivity index (χ2n) is 6.16. The highest BCUT2D eigenvalue weighted by molar-refractivity contribution is 7.98. The third-order valence-corrected chi connectivity index (χ3v) is 6.15. The second-order valence-corrected chi connectivity index (χ2v) is 8.14. The molecule has 8 heteroatoms. The molecule has 29 heavy (non-hydrogen) atoms. The summed E-state index contributed by atoms with van der Waals surface area (Å²) in [5, 5.41) is 11.7. The van der Waals surface area contributed by atoms with E-state index in [4.69, 9.17) is 4.74 Å². The van der Waals surface area contributed by atoms with Gasteiger partial charge in [0.2, 0.25) is 0 Å². The lowest BCUT2D eigenvalue weighted by molar-refractivity contribution is 0.0600. The van der Waals surface area contributed by atoms with Crippen LogP contribution >= 0.6 is 23.1 Å². The normalized spacial score (nSPS) is 10.8. The van der Waals surface area contributed by atoms with Gasteiger partial charge in [-0.2, -0.15) is 0 Å². The third-order valence-electron chi connectivity index (χ3n) is 4.25. The molecule has 4 aromatic rings. The molecule has 0 spiro atoms. The number of thiophene rings is 1. The van der Waals surface area contributed by atoms with E-state index in [1.165, 1.54) is 12.0 Å². The molecule has 6 nitrogen and oxygen atoms in total. The largest absolute Gasteiger partial charge is 0.465 e. The van der Waals surface area contributed by atoms with Crippen molar-refractivity contribution < 1.29 is 9.53 Å². The number of pyridine rings is 1. The van der Waals surface area contributed by atoms with E-state index in [9.17, 15) is 4.79 Å². The summed E-state index contributed by atoms with van der Waals surface area (Å²) in [6.45, 7) is 0.695. The third kappa shape index (κ3) is 4.55. The number of benzene rings is 1. The molecule has 146 valence electrons. The van der Waals surface area contributed by atoms with Crippen LogP contribution in [0.3, 0.4) is 0 Å². The smallest absolute Gasteiger partial charge is 0.337 e. The van der Waals surface area contributed by atoms with Crippen LogP contribution in [-0.4, -0.2) is 32.8 Å². The molecule has 0 atom stereocenters. The maximum Gasteiger partial charge on any atom is 0.337 e. The molecule has 0 fully saturated rings. The van der Waals surface area contributed by atoms with Gasteiger partial charge < -0.3 is 4.74 Å². The minimum absolute atomic E-state index is 0.333. The van der Waals surface area contributed by atoms with Gasteiger partial charge in [-0.25, -0.2) is 4.79 Å². The van der Waals surface area contributed by atoms with Crippen molar-refractivity contribution in [3.05, 3.63) is 82.2 Å². The molecule has 3 heterocycles. The van der Waals surface area contributed by atoms with Crippen LogP contribution in [-0.2, 0) is 17.0 Å². The number of hydrogen-bond donors (Lipinski definition) is 0. The van der Waals surface area contributed by atoms with E-state index in [1.54, 1.807) is 41.4 Å². The van der Waals surface area contributed by atoms with Crippen LogP contribution < -0.4 is 0 Å². The highest BCUT2D eigenvalue weighted by Crippen LogP contribution is 2.27. The fraction of sp³-hybridized carbons (Fsp3) is 0.143. The number of aromatic nitrogens is 4. The Morgan fingerprint density at radius 3 is 2.66 bits per heavy atom. The number of thioether (sulfide) groups is 1. The minimum Gasteiger partial charge on any atom is -0.465 e. The summed E-state index contributed by atoms with van der Waals surface area (Å²) in [7, 11) is 1.38. The summed E-state index contributed by atoms with van der Waals surface area (Å²) in [4.78, 5) is 17.2. The average molecular weight is 423 g/mol. The molecular weight excluding hydrogens is 404 g/mol. The van der Waals surface area contributed by atoms with Crippen molar-refractivity contribution in [3.8, 4) is 11.5 Å². The lowest BCUT2D eigenvalue weighted by Crippen LogP contribution is -2.04. The minimum atomic E-state index is -0.333. The maximum atomic E-state index is 11.6. The number of hydrogen-bond acceptors (Lipinski definition) is 7. The van der Waals surface area contributed by atoms with E-state index in [2.05, 4.69) is 31.2 Å². The van der Waals surface area contributed by atoms with E-state index in [0.29, 0.717) is 17.9 Å². The van der Waals surface area contributed by atoms with E-state index in [0.717, 1.165) is 22.2 Å². The van der Waals surface area contributed by atoms with Gasteiger partial charge in [-0.15, -0.1) is 21.5 Å². The SMILES string of the molecule is COC(=O)c1ccc(CSc2nnc(-c3ccccn3)n2Cc2cccs2)cc1. The molecule has 1 aromatic carbocycles. The lowest BCUT2D eigenvalue weighted by atomic mass is 10.1. The van der Waals surface area contributed by atoms with E-state index >= 15 is 0 Å². The first-order valence-electron chi connectivity index (χ1n) is 8.91. The first-order valence-corrected chi connectivity index (χ1v) is 10.8. The number of nitrogens with zero attached hydrogens (tertiary/aromatic N) is 4. The number of esters is 1. The molecule has 0 aliphatic carbocycles. The number of carbonyl (C=O) groups excluding carboxylic acids is 1. The first-order chi connectivity index (χ1) is 14.2. The van der Waals surface area contributed by atoms with Crippen LogP contribution in [0.5, 0.6) is 0 Å². The maximum absolute atomic E-state index is 11.6. The molecule has 3 aromatic heterocycles. The summed E-state index contributed by atoms with van der Waals surface area (Å²) in [6, 6.07) is 17.3. The highest BCUT2D eigenvalue weighted by atomic mass is 32.2. The zero-order valence-corrected chi connectivity index (χ0v) is 17.3. The number of ether oxygens (including phenoxy) is 1. The zero-order chi connectivity index (χ0) is 20.1. The fourth-order valence-electron chi connectivity index (χ4n) is 2.78. The Morgan fingerprint density at radius 2 is 1.97 bits per heavy atom. The summed E-state index contributed by atoms with van der Waals surface area (Å²) in [5.41, 5.74) is 2.43. The van der Waals surface area contributed by atoms with E-state index in [1.807, 2.05) is 36.4 Å². The van der Waals surface area contributed by atoms with Crippen LogP contribution in [0.25, 0.3) is 11.5 Å². The molecule has 0 saturated heterocycles. The Morgan fingerprint density at radius 1 is 1.10 bits per heavy atom. The molecule has 0 aliphatic heterocycles. The molecule has 0 radical (unpaired) electrons. The van der Waals surface area contributed by atoms with Gasteiger partial charge >= 0.3 is 5.97 Å². The standard InChI is InChI=1S/C21H18N4O2S2/c1-27-20(26)16-9-7-15(8-10-16)14-29-21-24-23-19(18-6-2-3-11-22-18)25(21)13-17-5-4-12-28-17/h2-12H,13-14H2,1H3. The summed E-state index contributed by atoms with van der Waals surface area (Å²) in [5.74, 6) is 1.13. The average Bonchev–Trinajstić information content (AvgIpc) is 3.43. The van der Waals surface area contributed by atoms with Crippen molar-refractivity contribution in [3.63, 3.8) is 0 Å². The van der Waals surface area contributed by atoms with Gasteiger partial charge in [-0.05, 0) is 41.3 Å².